The van der Waals surface area contributed by atoms with Gasteiger partial charge in [0.25, 0.3) is 0 Å². The Labute approximate surface area is 128 Å². The quantitative estimate of drug-likeness (QED) is 0.859. The van der Waals surface area contributed by atoms with Crippen molar-refractivity contribution in [3.63, 3.8) is 0 Å². The normalized spacial score (nSPS) is 10.4. The van der Waals surface area contributed by atoms with Crippen LogP contribution in [0.4, 0.5) is 11.4 Å². The van der Waals surface area contributed by atoms with Gasteiger partial charge < -0.3 is 15.4 Å². The summed E-state index contributed by atoms with van der Waals surface area (Å²) in [4.78, 5) is 2.02. The molecule has 0 aliphatic rings. The van der Waals surface area contributed by atoms with Crippen LogP contribution in [0.1, 0.15) is 5.56 Å². The second-order valence-electron chi connectivity index (χ2n) is 4.53. The van der Waals surface area contributed by atoms with Crippen molar-refractivity contribution in [3.8, 4) is 5.75 Å². The van der Waals surface area contributed by atoms with Gasteiger partial charge in [0.1, 0.15) is 5.75 Å². The van der Waals surface area contributed by atoms with Gasteiger partial charge in [-0.1, -0.05) is 35.3 Å². The number of nitrogen functional groups attached to an aromatic ring is 1. The molecule has 0 heterocycles. The molecular weight excluding hydrogens is 295 g/mol. The number of nitrogens with zero attached hydrogens (tertiary/aromatic N) is 1. The molecule has 0 aliphatic carbocycles. The monoisotopic (exact) mass is 310 g/mol. The van der Waals surface area contributed by atoms with Crippen LogP contribution in [0.3, 0.4) is 0 Å². The van der Waals surface area contributed by atoms with E-state index in [0.717, 1.165) is 17.0 Å². The fraction of sp³-hybridized carbons (Fsp3) is 0.200. The van der Waals surface area contributed by atoms with Crippen molar-refractivity contribution in [1.82, 2.24) is 0 Å². The maximum absolute atomic E-state index is 6.05. The summed E-state index contributed by atoms with van der Waals surface area (Å²) in [5, 5.41) is 0.955. The molecule has 0 unspecified atom stereocenters. The molecule has 2 rings (SSSR count). The summed E-state index contributed by atoms with van der Waals surface area (Å²) in [6.45, 7) is 0.694. The summed E-state index contributed by atoms with van der Waals surface area (Å²) in [6.07, 6.45) is 0. The topological polar surface area (TPSA) is 38.5 Å². The molecule has 20 heavy (non-hydrogen) atoms. The third-order valence-corrected chi connectivity index (χ3v) is 3.76. The summed E-state index contributed by atoms with van der Waals surface area (Å²) in [5.41, 5.74) is 8.56. The Bertz CT molecular complexity index is 617. The third-order valence-electron chi connectivity index (χ3n) is 3.03. The van der Waals surface area contributed by atoms with Crippen LogP contribution in [-0.2, 0) is 6.54 Å². The third kappa shape index (κ3) is 3.30. The lowest BCUT2D eigenvalue weighted by Gasteiger charge is -2.22. The molecule has 2 aromatic carbocycles. The smallest absolute Gasteiger partial charge is 0.119 e. The summed E-state index contributed by atoms with van der Waals surface area (Å²) in [5.74, 6) is 0.831. The Morgan fingerprint density at radius 1 is 1.15 bits per heavy atom. The molecule has 0 amide bonds. The fourth-order valence-electron chi connectivity index (χ4n) is 2.01. The predicted molar refractivity (Wildman–Crippen MR) is 86.0 cm³/mol. The zero-order chi connectivity index (χ0) is 14.7. The molecule has 0 saturated carbocycles. The Hall–Kier alpha value is -1.58. The average molecular weight is 311 g/mol. The second kappa shape index (κ2) is 6.25. The fourth-order valence-corrected chi connectivity index (χ4v) is 2.34. The van der Waals surface area contributed by atoms with Crippen LogP contribution in [0.15, 0.2) is 36.4 Å². The van der Waals surface area contributed by atoms with Crippen molar-refractivity contribution in [2.24, 2.45) is 0 Å². The zero-order valence-corrected chi connectivity index (χ0v) is 12.9. The molecule has 0 saturated heterocycles. The van der Waals surface area contributed by atoms with Crippen LogP contribution >= 0.6 is 23.2 Å². The molecule has 3 nitrogen and oxygen atoms in total. The first kappa shape index (κ1) is 14.8. The van der Waals surface area contributed by atoms with Crippen molar-refractivity contribution in [2.45, 2.75) is 6.54 Å². The predicted octanol–water partition coefficient (Wildman–Crippen LogP) is 4.22. The van der Waals surface area contributed by atoms with Crippen LogP contribution in [0.25, 0.3) is 0 Å². The van der Waals surface area contributed by atoms with E-state index in [9.17, 15) is 0 Å². The second-order valence-corrected chi connectivity index (χ2v) is 5.35. The first-order valence-corrected chi connectivity index (χ1v) is 6.85. The van der Waals surface area contributed by atoms with E-state index in [2.05, 4.69) is 0 Å². The molecule has 5 heteroatoms. The van der Waals surface area contributed by atoms with E-state index >= 15 is 0 Å². The molecule has 0 bridgehead atoms. The SMILES string of the molecule is COc1cccc(CN(C)c2cc(Cl)c(Cl)cc2N)c1. The molecular formula is C15H16Cl2N2O. The minimum atomic E-state index is 0.461. The number of hydrogen-bond donors (Lipinski definition) is 1. The van der Waals surface area contributed by atoms with Gasteiger partial charge in [-0.25, -0.2) is 0 Å². The van der Waals surface area contributed by atoms with Gasteiger partial charge in [-0.05, 0) is 29.8 Å². The number of hydrogen-bond acceptors (Lipinski definition) is 3. The molecule has 0 aromatic heterocycles. The Balaban J connectivity index is 2.23. The summed E-state index contributed by atoms with van der Waals surface area (Å²) in [6, 6.07) is 11.3. The highest BCUT2D eigenvalue weighted by molar-refractivity contribution is 6.42. The van der Waals surface area contributed by atoms with Crippen LogP contribution in [0, 0.1) is 0 Å². The molecule has 106 valence electrons. The first-order valence-electron chi connectivity index (χ1n) is 6.10. The molecule has 0 spiro atoms. The number of ether oxygens (including phenoxy) is 1. The average Bonchev–Trinajstić information content (AvgIpc) is 2.43. The maximum Gasteiger partial charge on any atom is 0.119 e. The minimum absolute atomic E-state index is 0.461. The largest absolute Gasteiger partial charge is 0.497 e. The van der Waals surface area contributed by atoms with E-state index in [-0.39, 0.29) is 0 Å². The van der Waals surface area contributed by atoms with E-state index in [0.29, 0.717) is 22.3 Å². The zero-order valence-electron chi connectivity index (χ0n) is 11.4. The van der Waals surface area contributed by atoms with Gasteiger partial charge in [0.2, 0.25) is 0 Å². The standard InChI is InChI=1S/C15H16Cl2N2O/c1-19(9-10-4-3-5-11(6-10)20-2)15-8-13(17)12(16)7-14(15)18/h3-8H,9,18H2,1-2H3. The highest BCUT2D eigenvalue weighted by Gasteiger charge is 2.10. The number of anilines is 2. The lowest BCUT2D eigenvalue weighted by atomic mass is 10.2. The number of nitrogens with two attached hydrogens (primary N) is 1. The summed E-state index contributed by atoms with van der Waals surface area (Å²) >= 11 is 12.0. The van der Waals surface area contributed by atoms with Crippen molar-refractivity contribution in [3.05, 3.63) is 52.0 Å². The molecule has 0 atom stereocenters. The van der Waals surface area contributed by atoms with Crippen molar-refractivity contribution >= 4 is 34.6 Å². The van der Waals surface area contributed by atoms with E-state index in [1.165, 1.54) is 0 Å². The van der Waals surface area contributed by atoms with Crippen molar-refractivity contribution < 1.29 is 4.74 Å². The number of rotatable bonds is 4. The van der Waals surface area contributed by atoms with Crippen LogP contribution in [0.5, 0.6) is 5.75 Å². The van der Waals surface area contributed by atoms with Gasteiger partial charge >= 0.3 is 0 Å². The van der Waals surface area contributed by atoms with Crippen molar-refractivity contribution in [1.29, 1.82) is 0 Å². The Morgan fingerprint density at radius 2 is 1.85 bits per heavy atom. The Kier molecular flexibility index (Phi) is 4.63. The van der Waals surface area contributed by atoms with Gasteiger partial charge in [-0.15, -0.1) is 0 Å². The van der Waals surface area contributed by atoms with Crippen molar-refractivity contribution in [2.75, 3.05) is 24.8 Å². The number of halogens is 2. The highest BCUT2D eigenvalue weighted by atomic mass is 35.5. The lowest BCUT2D eigenvalue weighted by molar-refractivity contribution is 0.414. The maximum atomic E-state index is 6.05. The molecule has 0 aliphatic heterocycles. The summed E-state index contributed by atoms with van der Waals surface area (Å²) in [7, 11) is 3.61. The summed E-state index contributed by atoms with van der Waals surface area (Å²) < 4.78 is 5.22. The minimum Gasteiger partial charge on any atom is -0.497 e. The van der Waals surface area contributed by atoms with E-state index < -0.39 is 0 Å². The van der Waals surface area contributed by atoms with Gasteiger partial charge in [0, 0.05) is 13.6 Å². The Morgan fingerprint density at radius 3 is 2.55 bits per heavy atom. The first-order chi connectivity index (χ1) is 9.51. The van der Waals surface area contributed by atoms with Crippen LogP contribution in [0.2, 0.25) is 10.0 Å². The van der Waals surface area contributed by atoms with Gasteiger partial charge in [-0.3, -0.25) is 0 Å². The van der Waals surface area contributed by atoms with Crippen LogP contribution in [-0.4, -0.2) is 14.2 Å². The number of methoxy groups -OCH3 is 1. The van der Waals surface area contributed by atoms with E-state index in [1.807, 2.05) is 36.2 Å². The van der Waals surface area contributed by atoms with Gasteiger partial charge in [-0.2, -0.15) is 0 Å². The number of benzene rings is 2. The molecule has 0 radical (unpaired) electrons. The van der Waals surface area contributed by atoms with Gasteiger partial charge in [0.15, 0.2) is 0 Å². The lowest BCUT2D eigenvalue weighted by Crippen LogP contribution is -2.17. The van der Waals surface area contributed by atoms with Gasteiger partial charge in [0.05, 0.1) is 28.5 Å². The molecule has 0 fully saturated rings. The van der Waals surface area contributed by atoms with E-state index in [1.54, 1.807) is 19.2 Å². The molecule has 2 N–H and O–H groups in total. The van der Waals surface area contributed by atoms with Crippen LogP contribution < -0.4 is 15.4 Å². The highest BCUT2D eigenvalue weighted by Crippen LogP contribution is 2.33. The van der Waals surface area contributed by atoms with E-state index in [4.69, 9.17) is 33.7 Å². The molecule has 2 aromatic rings.